The monoisotopic (exact) mass is 291 g/mol. The highest BCUT2D eigenvalue weighted by Gasteiger charge is 2.16. The molecule has 0 aliphatic carbocycles. The van der Waals surface area contributed by atoms with Gasteiger partial charge in [0.15, 0.2) is 10.3 Å². The Labute approximate surface area is 113 Å². The van der Waals surface area contributed by atoms with Crippen LogP contribution in [0.2, 0.25) is 15.3 Å². The van der Waals surface area contributed by atoms with E-state index in [2.05, 4.69) is 15.0 Å². The number of aromatic nitrogens is 3. The quantitative estimate of drug-likeness (QED) is 0.778. The minimum atomic E-state index is 0.0750. The Morgan fingerprint density at radius 2 is 1.65 bits per heavy atom. The third kappa shape index (κ3) is 2.54. The minimum absolute atomic E-state index is 0.0750. The number of hydrogen-bond acceptors (Lipinski definition) is 4. The molecule has 2 aromatic rings. The molecule has 0 atom stereocenters. The van der Waals surface area contributed by atoms with E-state index in [1.54, 1.807) is 6.26 Å². The molecular formula is C10H8Cl3N3O. The highest BCUT2D eigenvalue weighted by Crippen LogP contribution is 2.29. The SMILES string of the molecule is CC(C)c1coc(-c2nc(Cl)c(Cl)c(Cl)n2)n1. The first kappa shape index (κ1) is 12.6. The molecule has 0 fully saturated rings. The van der Waals surface area contributed by atoms with Crippen LogP contribution in [0.25, 0.3) is 11.7 Å². The molecule has 0 aromatic carbocycles. The summed E-state index contributed by atoms with van der Waals surface area (Å²) in [6.07, 6.45) is 1.56. The molecule has 90 valence electrons. The fourth-order valence-electron chi connectivity index (χ4n) is 1.14. The maximum Gasteiger partial charge on any atom is 0.265 e. The first-order valence-electron chi connectivity index (χ1n) is 4.83. The third-order valence-corrected chi connectivity index (χ3v) is 3.17. The van der Waals surface area contributed by atoms with Crippen molar-refractivity contribution in [2.45, 2.75) is 19.8 Å². The van der Waals surface area contributed by atoms with E-state index in [4.69, 9.17) is 39.2 Å². The highest BCUT2D eigenvalue weighted by atomic mass is 35.5. The van der Waals surface area contributed by atoms with Crippen LogP contribution in [0.3, 0.4) is 0 Å². The summed E-state index contributed by atoms with van der Waals surface area (Å²) < 4.78 is 5.27. The fourth-order valence-corrected chi connectivity index (χ4v) is 1.62. The number of hydrogen-bond donors (Lipinski definition) is 0. The van der Waals surface area contributed by atoms with Gasteiger partial charge in [-0.2, -0.15) is 0 Å². The van der Waals surface area contributed by atoms with Crippen molar-refractivity contribution in [3.8, 4) is 11.7 Å². The zero-order valence-electron chi connectivity index (χ0n) is 9.04. The van der Waals surface area contributed by atoms with Crippen LogP contribution < -0.4 is 0 Å². The Morgan fingerprint density at radius 3 is 2.12 bits per heavy atom. The van der Waals surface area contributed by atoms with E-state index in [0.29, 0.717) is 0 Å². The molecule has 0 unspecified atom stereocenters. The maximum absolute atomic E-state index is 5.80. The van der Waals surface area contributed by atoms with E-state index < -0.39 is 0 Å². The van der Waals surface area contributed by atoms with Gasteiger partial charge in [0, 0.05) is 0 Å². The molecule has 0 aliphatic rings. The predicted molar refractivity (Wildman–Crippen MR) is 66.6 cm³/mol. The van der Waals surface area contributed by atoms with Crippen molar-refractivity contribution in [2.24, 2.45) is 0 Å². The Balaban J connectivity index is 2.46. The van der Waals surface area contributed by atoms with Crippen molar-refractivity contribution in [1.29, 1.82) is 0 Å². The molecule has 4 nitrogen and oxygen atoms in total. The van der Waals surface area contributed by atoms with E-state index in [1.165, 1.54) is 0 Å². The van der Waals surface area contributed by atoms with Gasteiger partial charge in [-0.05, 0) is 5.92 Å². The lowest BCUT2D eigenvalue weighted by molar-refractivity contribution is 0.566. The van der Waals surface area contributed by atoms with Gasteiger partial charge in [-0.15, -0.1) is 0 Å². The molecule has 7 heteroatoms. The van der Waals surface area contributed by atoms with E-state index in [-0.39, 0.29) is 33.0 Å². The molecule has 0 bridgehead atoms. The van der Waals surface area contributed by atoms with E-state index in [0.717, 1.165) is 5.69 Å². The van der Waals surface area contributed by atoms with Crippen LogP contribution in [0, 0.1) is 0 Å². The zero-order chi connectivity index (χ0) is 12.6. The van der Waals surface area contributed by atoms with Crippen LogP contribution in [-0.2, 0) is 0 Å². The van der Waals surface area contributed by atoms with Gasteiger partial charge in [-0.1, -0.05) is 48.7 Å². The third-order valence-electron chi connectivity index (χ3n) is 2.08. The summed E-state index contributed by atoms with van der Waals surface area (Å²) >= 11 is 17.4. The summed E-state index contributed by atoms with van der Waals surface area (Å²) in [6, 6.07) is 0. The Kier molecular flexibility index (Phi) is 3.56. The summed E-state index contributed by atoms with van der Waals surface area (Å²) in [5.41, 5.74) is 0.811. The molecule has 0 radical (unpaired) electrons. The van der Waals surface area contributed by atoms with Gasteiger partial charge in [0.05, 0.1) is 5.69 Å². The molecular weight excluding hydrogens is 284 g/mol. The van der Waals surface area contributed by atoms with Crippen LogP contribution in [0.15, 0.2) is 10.7 Å². The molecule has 17 heavy (non-hydrogen) atoms. The largest absolute Gasteiger partial charge is 0.442 e. The zero-order valence-corrected chi connectivity index (χ0v) is 11.3. The van der Waals surface area contributed by atoms with Crippen molar-refractivity contribution in [2.75, 3.05) is 0 Å². The molecule has 0 N–H and O–H groups in total. The number of oxazole rings is 1. The van der Waals surface area contributed by atoms with Crippen LogP contribution in [0.4, 0.5) is 0 Å². The lowest BCUT2D eigenvalue weighted by Gasteiger charge is -1.99. The average Bonchev–Trinajstić information content (AvgIpc) is 2.74. The van der Waals surface area contributed by atoms with E-state index >= 15 is 0 Å². The van der Waals surface area contributed by atoms with Crippen LogP contribution in [0.5, 0.6) is 0 Å². The summed E-state index contributed by atoms with van der Waals surface area (Å²) in [5, 5.41) is 0.268. The van der Waals surface area contributed by atoms with E-state index in [9.17, 15) is 0 Å². The smallest absolute Gasteiger partial charge is 0.265 e. The predicted octanol–water partition coefficient (Wildman–Crippen LogP) is 4.22. The molecule has 0 spiro atoms. The van der Waals surface area contributed by atoms with Gasteiger partial charge >= 0.3 is 0 Å². The van der Waals surface area contributed by atoms with Gasteiger partial charge in [-0.3, -0.25) is 0 Å². The second kappa shape index (κ2) is 4.80. The second-order valence-corrected chi connectivity index (χ2v) is 4.77. The summed E-state index contributed by atoms with van der Waals surface area (Å²) in [7, 11) is 0. The molecule has 0 amide bonds. The molecule has 2 aromatic heterocycles. The van der Waals surface area contributed by atoms with Crippen molar-refractivity contribution >= 4 is 34.8 Å². The van der Waals surface area contributed by atoms with Gasteiger partial charge in [0.1, 0.15) is 11.3 Å². The standard InChI is InChI=1S/C10H8Cl3N3O/c1-4(2)5-3-17-10(14-5)9-15-7(12)6(11)8(13)16-9/h3-4H,1-2H3. The van der Waals surface area contributed by atoms with Gasteiger partial charge in [0.2, 0.25) is 5.82 Å². The summed E-state index contributed by atoms with van der Waals surface area (Å²) in [5.74, 6) is 0.746. The van der Waals surface area contributed by atoms with Crippen molar-refractivity contribution < 1.29 is 4.42 Å². The van der Waals surface area contributed by atoms with Crippen LogP contribution in [0.1, 0.15) is 25.5 Å². The van der Waals surface area contributed by atoms with Crippen molar-refractivity contribution in [1.82, 2.24) is 15.0 Å². The molecule has 0 saturated carbocycles. The topological polar surface area (TPSA) is 51.8 Å². The first-order valence-corrected chi connectivity index (χ1v) is 5.96. The molecule has 0 saturated heterocycles. The van der Waals surface area contributed by atoms with Crippen molar-refractivity contribution in [3.05, 3.63) is 27.3 Å². The number of nitrogens with zero attached hydrogens (tertiary/aromatic N) is 3. The van der Waals surface area contributed by atoms with Gasteiger partial charge < -0.3 is 4.42 Å². The summed E-state index contributed by atoms with van der Waals surface area (Å²) in [6.45, 7) is 4.01. The maximum atomic E-state index is 5.80. The normalized spacial score (nSPS) is 11.2. The highest BCUT2D eigenvalue weighted by molar-refractivity contribution is 6.46. The molecule has 0 aliphatic heterocycles. The van der Waals surface area contributed by atoms with Gasteiger partial charge in [0.25, 0.3) is 5.89 Å². The average molecular weight is 293 g/mol. The minimum Gasteiger partial charge on any atom is -0.442 e. The molecule has 2 rings (SSSR count). The van der Waals surface area contributed by atoms with Crippen molar-refractivity contribution in [3.63, 3.8) is 0 Å². The van der Waals surface area contributed by atoms with Crippen LogP contribution >= 0.6 is 34.8 Å². The lowest BCUT2D eigenvalue weighted by atomic mass is 10.2. The summed E-state index contributed by atoms with van der Waals surface area (Å²) in [4.78, 5) is 12.2. The second-order valence-electron chi connectivity index (χ2n) is 3.68. The Bertz CT molecular complexity index is 530. The molecule has 2 heterocycles. The first-order chi connectivity index (χ1) is 7.99. The Morgan fingerprint density at radius 1 is 1.06 bits per heavy atom. The lowest BCUT2D eigenvalue weighted by Crippen LogP contribution is -1.93. The fraction of sp³-hybridized carbons (Fsp3) is 0.300. The Hall–Kier alpha value is -0.840. The van der Waals surface area contributed by atoms with Crippen LogP contribution in [-0.4, -0.2) is 15.0 Å². The number of rotatable bonds is 2. The van der Waals surface area contributed by atoms with E-state index in [1.807, 2.05) is 13.8 Å². The van der Waals surface area contributed by atoms with Gasteiger partial charge in [-0.25, -0.2) is 15.0 Å². The number of halogens is 3.